The highest BCUT2D eigenvalue weighted by Gasteiger charge is 2.22. The molecule has 0 saturated carbocycles. The molecule has 4 aromatic carbocycles. The van der Waals surface area contributed by atoms with Gasteiger partial charge >= 0.3 is 6.01 Å². The van der Waals surface area contributed by atoms with E-state index in [1.54, 1.807) is 0 Å². The predicted molar refractivity (Wildman–Crippen MR) is 187 cm³/mol. The SMILES string of the molecule is CCCCC(CC)COc1cc(O)c(-c2nc(OCC(CC)CCCC)nc(-c3c4ccccc4cc4ccccc34)n2)c(O)c1. The Kier molecular flexibility index (Phi) is 11.3. The van der Waals surface area contributed by atoms with Gasteiger partial charge < -0.3 is 19.7 Å². The summed E-state index contributed by atoms with van der Waals surface area (Å²) < 4.78 is 12.3. The van der Waals surface area contributed by atoms with E-state index >= 15 is 0 Å². The number of hydrogen-bond donors (Lipinski definition) is 2. The van der Waals surface area contributed by atoms with Gasteiger partial charge in [0.05, 0.1) is 13.2 Å². The van der Waals surface area contributed by atoms with Gasteiger partial charge in [0.15, 0.2) is 11.6 Å². The molecule has 0 aliphatic rings. The van der Waals surface area contributed by atoms with E-state index in [0.717, 1.165) is 78.5 Å². The molecule has 0 radical (unpaired) electrons. The third kappa shape index (κ3) is 7.69. The molecule has 242 valence electrons. The summed E-state index contributed by atoms with van der Waals surface area (Å²) in [6, 6.07) is 21.7. The zero-order valence-electron chi connectivity index (χ0n) is 27.6. The quantitative estimate of drug-likeness (QED) is 0.106. The molecular weight excluding hydrogens is 574 g/mol. The van der Waals surface area contributed by atoms with Gasteiger partial charge in [-0.3, -0.25) is 0 Å². The van der Waals surface area contributed by atoms with E-state index in [4.69, 9.17) is 19.4 Å². The van der Waals surface area contributed by atoms with Crippen molar-refractivity contribution in [2.75, 3.05) is 13.2 Å². The van der Waals surface area contributed by atoms with Crippen molar-refractivity contribution in [3.63, 3.8) is 0 Å². The molecule has 1 aromatic heterocycles. The lowest BCUT2D eigenvalue weighted by Crippen LogP contribution is -2.13. The largest absolute Gasteiger partial charge is 0.507 e. The van der Waals surface area contributed by atoms with Crippen LogP contribution in [0.1, 0.15) is 79.1 Å². The van der Waals surface area contributed by atoms with Crippen molar-refractivity contribution in [1.82, 2.24) is 15.0 Å². The lowest BCUT2D eigenvalue weighted by atomic mass is 9.96. The molecule has 7 heteroatoms. The summed E-state index contributed by atoms with van der Waals surface area (Å²) in [7, 11) is 0. The number of ether oxygens (including phenoxy) is 2. The summed E-state index contributed by atoms with van der Waals surface area (Å²) in [5, 5.41) is 26.6. The number of phenols is 2. The molecule has 0 aliphatic heterocycles. The Morgan fingerprint density at radius 3 is 1.63 bits per heavy atom. The van der Waals surface area contributed by atoms with Crippen LogP contribution in [0.4, 0.5) is 0 Å². The van der Waals surface area contributed by atoms with Crippen LogP contribution in [0.3, 0.4) is 0 Å². The summed E-state index contributed by atoms with van der Waals surface area (Å²) in [4.78, 5) is 14.4. The van der Waals surface area contributed by atoms with Crippen molar-refractivity contribution in [2.45, 2.75) is 79.1 Å². The van der Waals surface area contributed by atoms with Crippen LogP contribution in [0, 0.1) is 11.8 Å². The minimum atomic E-state index is -0.170. The first-order valence-corrected chi connectivity index (χ1v) is 16.9. The number of fused-ring (bicyclic) bond motifs is 2. The van der Waals surface area contributed by atoms with Crippen LogP contribution in [0.15, 0.2) is 66.7 Å². The number of nitrogens with zero attached hydrogens (tertiary/aromatic N) is 3. The fourth-order valence-corrected chi connectivity index (χ4v) is 6.00. The Bertz CT molecular complexity index is 1680. The molecule has 1 heterocycles. The number of phenolic OH excluding ortho intramolecular Hbond substituents is 2. The van der Waals surface area contributed by atoms with Crippen LogP contribution in [0.25, 0.3) is 44.3 Å². The minimum absolute atomic E-state index is 0.112. The van der Waals surface area contributed by atoms with Crippen molar-refractivity contribution in [3.05, 3.63) is 66.7 Å². The van der Waals surface area contributed by atoms with Crippen LogP contribution < -0.4 is 9.47 Å². The summed E-state index contributed by atoms with van der Waals surface area (Å²) in [5.41, 5.74) is 0.957. The standard InChI is InChI=1S/C39H47N3O4/c1-5-9-15-26(7-3)24-45-30-22-33(43)36(34(44)23-30)38-40-37(41-39(42-38)46-25-27(8-4)16-10-6-2)35-31-19-13-11-17-28(31)21-29-18-12-14-20-32(29)35/h11-14,17-23,26-27,43-44H,5-10,15-16,24-25H2,1-4H3. The summed E-state index contributed by atoms with van der Waals surface area (Å²) in [5.74, 6) is 1.39. The van der Waals surface area contributed by atoms with E-state index in [1.165, 1.54) is 12.1 Å². The lowest BCUT2D eigenvalue weighted by Gasteiger charge is -2.18. The number of unbranched alkanes of at least 4 members (excludes halogenated alkanes) is 2. The van der Waals surface area contributed by atoms with Gasteiger partial charge in [0.1, 0.15) is 22.8 Å². The molecule has 2 N–H and O–H groups in total. The summed E-state index contributed by atoms with van der Waals surface area (Å²) in [6.07, 6.45) is 8.68. The summed E-state index contributed by atoms with van der Waals surface area (Å²) >= 11 is 0. The molecule has 0 amide bonds. The van der Waals surface area contributed by atoms with E-state index in [2.05, 4.69) is 63.0 Å². The minimum Gasteiger partial charge on any atom is -0.507 e. The highest BCUT2D eigenvalue weighted by molar-refractivity contribution is 6.11. The van der Waals surface area contributed by atoms with Gasteiger partial charge in [0, 0.05) is 17.7 Å². The Labute approximate surface area is 272 Å². The molecule has 2 unspecified atom stereocenters. The predicted octanol–water partition coefficient (Wildman–Crippen LogP) is 10.1. The fraction of sp³-hybridized carbons (Fsp3) is 0.410. The highest BCUT2D eigenvalue weighted by atomic mass is 16.5. The number of hydrogen-bond acceptors (Lipinski definition) is 7. The number of aromatic nitrogens is 3. The first-order valence-electron chi connectivity index (χ1n) is 16.9. The Morgan fingerprint density at radius 1 is 0.609 bits per heavy atom. The van der Waals surface area contributed by atoms with Crippen LogP contribution in [-0.4, -0.2) is 38.4 Å². The number of rotatable bonds is 16. The monoisotopic (exact) mass is 621 g/mol. The van der Waals surface area contributed by atoms with Crippen molar-refractivity contribution in [2.24, 2.45) is 11.8 Å². The topological polar surface area (TPSA) is 97.6 Å². The fourth-order valence-electron chi connectivity index (χ4n) is 6.00. The van der Waals surface area contributed by atoms with Gasteiger partial charge in [-0.2, -0.15) is 9.97 Å². The molecule has 5 aromatic rings. The Morgan fingerprint density at radius 2 is 1.11 bits per heavy atom. The molecule has 0 bridgehead atoms. The van der Waals surface area contributed by atoms with Crippen molar-refractivity contribution < 1.29 is 19.7 Å². The number of aromatic hydroxyl groups is 2. The molecular formula is C39H47N3O4. The second-order valence-corrected chi connectivity index (χ2v) is 12.3. The lowest BCUT2D eigenvalue weighted by molar-refractivity contribution is 0.217. The van der Waals surface area contributed by atoms with Crippen LogP contribution in [0.5, 0.6) is 23.3 Å². The molecule has 7 nitrogen and oxygen atoms in total. The first kappa shape index (κ1) is 33.0. The number of benzene rings is 4. The average Bonchev–Trinajstić information content (AvgIpc) is 3.07. The molecule has 2 atom stereocenters. The van der Waals surface area contributed by atoms with Gasteiger partial charge in [-0.1, -0.05) is 115 Å². The second-order valence-electron chi connectivity index (χ2n) is 12.3. The smallest absolute Gasteiger partial charge is 0.320 e. The Balaban J connectivity index is 1.59. The maximum Gasteiger partial charge on any atom is 0.320 e. The third-order valence-electron chi connectivity index (χ3n) is 8.92. The maximum absolute atomic E-state index is 11.3. The summed E-state index contributed by atoms with van der Waals surface area (Å²) in [6.45, 7) is 9.69. The van der Waals surface area contributed by atoms with Crippen molar-refractivity contribution in [3.8, 4) is 46.0 Å². The zero-order chi connectivity index (χ0) is 32.5. The van der Waals surface area contributed by atoms with E-state index < -0.39 is 0 Å². The zero-order valence-corrected chi connectivity index (χ0v) is 27.6. The molecule has 5 rings (SSSR count). The second kappa shape index (κ2) is 15.7. The Hall–Kier alpha value is -4.39. The molecule has 0 spiro atoms. The van der Waals surface area contributed by atoms with Crippen molar-refractivity contribution in [1.29, 1.82) is 0 Å². The average molecular weight is 622 g/mol. The maximum atomic E-state index is 11.3. The third-order valence-corrected chi connectivity index (χ3v) is 8.92. The van der Waals surface area contributed by atoms with Gasteiger partial charge in [-0.05, 0) is 52.3 Å². The van der Waals surface area contributed by atoms with Gasteiger partial charge in [-0.25, -0.2) is 4.98 Å². The molecule has 0 saturated heterocycles. The van der Waals surface area contributed by atoms with Crippen LogP contribution >= 0.6 is 0 Å². The van der Waals surface area contributed by atoms with Gasteiger partial charge in [0.2, 0.25) is 0 Å². The van der Waals surface area contributed by atoms with E-state index in [-0.39, 0.29) is 28.9 Å². The molecule has 46 heavy (non-hydrogen) atoms. The van der Waals surface area contributed by atoms with Gasteiger partial charge in [0.25, 0.3) is 0 Å². The van der Waals surface area contributed by atoms with Crippen molar-refractivity contribution >= 4 is 21.5 Å². The molecule has 0 aliphatic carbocycles. The van der Waals surface area contributed by atoms with E-state index in [9.17, 15) is 10.2 Å². The van der Waals surface area contributed by atoms with E-state index in [1.807, 2.05) is 24.3 Å². The molecule has 0 fully saturated rings. The van der Waals surface area contributed by atoms with E-state index in [0.29, 0.717) is 36.6 Å². The van der Waals surface area contributed by atoms with Crippen LogP contribution in [0.2, 0.25) is 0 Å². The highest BCUT2D eigenvalue weighted by Crippen LogP contribution is 2.41. The first-order chi connectivity index (χ1) is 22.4. The van der Waals surface area contributed by atoms with Crippen LogP contribution in [-0.2, 0) is 0 Å². The normalized spacial score (nSPS) is 12.8. The van der Waals surface area contributed by atoms with Gasteiger partial charge in [-0.15, -0.1) is 0 Å².